The van der Waals surface area contributed by atoms with Gasteiger partial charge < -0.3 is 9.73 Å². The van der Waals surface area contributed by atoms with Crippen LogP contribution in [0.25, 0.3) is 10.8 Å². The Hall–Kier alpha value is -2.86. The fourth-order valence-corrected chi connectivity index (χ4v) is 4.23. The third-order valence-corrected chi connectivity index (χ3v) is 6.00. The first kappa shape index (κ1) is 20.4. The van der Waals surface area contributed by atoms with E-state index in [9.17, 15) is 22.8 Å². The SMILES string of the molecule is CC(Sc1nnc(-c2cccs2)o1)C(=O)N1CC(=O)Nc2cc(C(F)(F)F)ccc21. The minimum atomic E-state index is -4.56. The van der Waals surface area contributed by atoms with Gasteiger partial charge in [-0.1, -0.05) is 17.8 Å². The number of nitrogens with zero attached hydrogens (tertiary/aromatic N) is 3. The fourth-order valence-electron chi connectivity index (χ4n) is 2.84. The summed E-state index contributed by atoms with van der Waals surface area (Å²) in [6.45, 7) is 1.30. The molecule has 2 amide bonds. The molecule has 0 aliphatic carbocycles. The molecule has 7 nitrogen and oxygen atoms in total. The van der Waals surface area contributed by atoms with Gasteiger partial charge in [0.1, 0.15) is 6.54 Å². The molecule has 0 spiro atoms. The molecule has 0 saturated heterocycles. The van der Waals surface area contributed by atoms with Crippen LogP contribution in [0.3, 0.4) is 0 Å². The summed E-state index contributed by atoms with van der Waals surface area (Å²) in [4.78, 5) is 26.9. The van der Waals surface area contributed by atoms with Gasteiger partial charge in [0.05, 0.1) is 27.1 Å². The van der Waals surface area contributed by atoms with E-state index in [1.54, 1.807) is 6.92 Å². The predicted octanol–water partition coefficient (Wildman–Crippen LogP) is 4.28. The first-order chi connectivity index (χ1) is 14.2. The highest BCUT2D eigenvalue weighted by Crippen LogP contribution is 2.38. The van der Waals surface area contributed by atoms with E-state index >= 15 is 0 Å². The zero-order chi connectivity index (χ0) is 21.5. The lowest BCUT2D eigenvalue weighted by atomic mass is 10.1. The number of halogens is 3. The Balaban J connectivity index is 1.54. The second kappa shape index (κ2) is 7.76. The highest BCUT2D eigenvalue weighted by atomic mass is 32.2. The van der Waals surface area contributed by atoms with Gasteiger partial charge in [-0.2, -0.15) is 13.2 Å². The van der Waals surface area contributed by atoms with Crippen molar-refractivity contribution in [2.24, 2.45) is 0 Å². The molecular weight excluding hydrogens is 441 g/mol. The molecule has 3 aromatic rings. The zero-order valence-electron chi connectivity index (χ0n) is 15.3. The van der Waals surface area contributed by atoms with Crippen molar-refractivity contribution in [3.63, 3.8) is 0 Å². The van der Waals surface area contributed by atoms with E-state index in [-0.39, 0.29) is 23.1 Å². The first-order valence-corrected chi connectivity index (χ1v) is 10.3. The highest BCUT2D eigenvalue weighted by molar-refractivity contribution is 8.00. The molecule has 156 valence electrons. The van der Waals surface area contributed by atoms with Crippen LogP contribution in [0.1, 0.15) is 12.5 Å². The van der Waals surface area contributed by atoms with Crippen molar-refractivity contribution in [2.45, 2.75) is 23.6 Å². The number of thioether (sulfide) groups is 1. The van der Waals surface area contributed by atoms with Crippen LogP contribution in [0, 0.1) is 0 Å². The molecule has 1 aliphatic heterocycles. The summed E-state index contributed by atoms with van der Waals surface area (Å²) in [7, 11) is 0. The second-order valence-corrected chi connectivity index (χ2v) is 8.55. The van der Waals surface area contributed by atoms with Gasteiger partial charge in [-0.3, -0.25) is 14.5 Å². The Kier molecular flexibility index (Phi) is 5.28. The van der Waals surface area contributed by atoms with Crippen molar-refractivity contribution < 1.29 is 27.2 Å². The van der Waals surface area contributed by atoms with Crippen LogP contribution in [0.4, 0.5) is 24.5 Å². The maximum absolute atomic E-state index is 13.0. The molecule has 30 heavy (non-hydrogen) atoms. The van der Waals surface area contributed by atoms with E-state index in [1.165, 1.54) is 17.4 Å². The predicted molar refractivity (Wildman–Crippen MR) is 105 cm³/mol. The summed E-state index contributed by atoms with van der Waals surface area (Å²) < 4.78 is 44.5. The third kappa shape index (κ3) is 4.05. The van der Waals surface area contributed by atoms with Gasteiger partial charge in [-0.25, -0.2) is 0 Å². The standard InChI is InChI=1S/C18H13F3N4O3S2/c1-9(30-17-24-23-15(28-17)13-3-2-6-29-13)16(27)25-8-14(26)22-11-7-10(18(19,20)21)4-5-12(11)25/h2-7,9H,8H2,1H3,(H,22,26). The average molecular weight is 454 g/mol. The normalized spacial score (nSPS) is 14.9. The molecule has 1 atom stereocenters. The highest BCUT2D eigenvalue weighted by Gasteiger charge is 2.35. The zero-order valence-corrected chi connectivity index (χ0v) is 16.9. The second-order valence-electron chi connectivity index (χ2n) is 6.31. The lowest BCUT2D eigenvalue weighted by Crippen LogP contribution is -2.45. The van der Waals surface area contributed by atoms with E-state index in [4.69, 9.17) is 4.42 Å². The molecule has 0 saturated carbocycles. The minimum absolute atomic E-state index is 0.0654. The molecule has 2 aromatic heterocycles. The van der Waals surface area contributed by atoms with Gasteiger partial charge in [0.2, 0.25) is 11.8 Å². The monoisotopic (exact) mass is 454 g/mol. The third-order valence-electron chi connectivity index (χ3n) is 4.22. The number of nitrogens with one attached hydrogen (secondary N) is 1. The molecule has 0 radical (unpaired) electrons. The quantitative estimate of drug-likeness (QED) is 0.592. The summed E-state index contributed by atoms with van der Waals surface area (Å²) in [5.41, 5.74) is -0.778. The number of amides is 2. The van der Waals surface area contributed by atoms with Gasteiger partial charge in [0.15, 0.2) is 0 Å². The van der Waals surface area contributed by atoms with Crippen molar-refractivity contribution in [3.8, 4) is 10.8 Å². The topological polar surface area (TPSA) is 88.3 Å². The molecule has 1 unspecified atom stereocenters. The lowest BCUT2D eigenvalue weighted by Gasteiger charge is -2.31. The van der Waals surface area contributed by atoms with Crippen molar-refractivity contribution in [1.29, 1.82) is 0 Å². The van der Waals surface area contributed by atoms with Crippen LogP contribution in [-0.2, 0) is 15.8 Å². The molecule has 0 bridgehead atoms. The van der Waals surface area contributed by atoms with E-state index in [2.05, 4.69) is 15.5 Å². The summed E-state index contributed by atoms with van der Waals surface area (Å²) in [6.07, 6.45) is -4.56. The number of hydrogen-bond donors (Lipinski definition) is 1. The van der Waals surface area contributed by atoms with E-state index < -0.39 is 28.8 Å². The first-order valence-electron chi connectivity index (χ1n) is 8.59. The smallest absolute Gasteiger partial charge is 0.410 e. The number of benzene rings is 1. The van der Waals surface area contributed by atoms with E-state index in [0.717, 1.165) is 33.7 Å². The number of hydrogen-bond acceptors (Lipinski definition) is 7. The number of anilines is 2. The van der Waals surface area contributed by atoms with Crippen LogP contribution in [-0.4, -0.2) is 33.8 Å². The summed E-state index contributed by atoms with van der Waals surface area (Å²) in [5.74, 6) is -0.716. The maximum atomic E-state index is 13.0. The van der Waals surface area contributed by atoms with Gasteiger partial charge in [-0.05, 0) is 36.6 Å². The summed E-state index contributed by atoms with van der Waals surface area (Å²) >= 11 is 2.44. The van der Waals surface area contributed by atoms with Crippen molar-refractivity contribution in [1.82, 2.24) is 10.2 Å². The van der Waals surface area contributed by atoms with E-state index in [1.807, 2.05) is 17.5 Å². The number of carbonyl (C=O) groups is 2. The number of thiophene rings is 1. The van der Waals surface area contributed by atoms with Crippen LogP contribution >= 0.6 is 23.1 Å². The Bertz CT molecular complexity index is 1100. The Morgan fingerprint density at radius 1 is 1.33 bits per heavy atom. The molecule has 4 rings (SSSR count). The van der Waals surface area contributed by atoms with E-state index in [0.29, 0.717) is 5.89 Å². The van der Waals surface area contributed by atoms with Crippen LogP contribution in [0.2, 0.25) is 0 Å². The number of fused-ring (bicyclic) bond motifs is 1. The van der Waals surface area contributed by atoms with Gasteiger partial charge in [0, 0.05) is 0 Å². The van der Waals surface area contributed by atoms with Gasteiger partial charge >= 0.3 is 6.18 Å². The number of rotatable bonds is 4. The molecule has 0 fully saturated rings. The molecule has 3 heterocycles. The molecule has 1 aromatic carbocycles. The molecule has 1 aliphatic rings. The Morgan fingerprint density at radius 2 is 2.13 bits per heavy atom. The number of aromatic nitrogens is 2. The average Bonchev–Trinajstić information content (AvgIpc) is 3.37. The van der Waals surface area contributed by atoms with Crippen molar-refractivity contribution in [3.05, 3.63) is 41.3 Å². The lowest BCUT2D eigenvalue weighted by molar-refractivity contribution is -0.137. The van der Waals surface area contributed by atoms with Crippen LogP contribution in [0.5, 0.6) is 0 Å². The fraction of sp³-hybridized carbons (Fsp3) is 0.222. The van der Waals surface area contributed by atoms with Crippen LogP contribution in [0.15, 0.2) is 45.4 Å². The largest absolute Gasteiger partial charge is 0.416 e. The van der Waals surface area contributed by atoms with Crippen LogP contribution < -0.4 is 10.2 Å². The van der Waals surface area contributed by atoms with Crippen molar-refractivity contribution >= 4 is 46.3 Å². The number of alkyl halides is 3. The molecular formula is C18H13F3N4O3S2. The maximum Gasteiger partial charge on any atom is 0.416 e. The summed E-state index contributed by atoms with van der Waals surface area (Å²) in [6, 6.07) is 6.52. The minimum Gasteiger partial charge on any atom is -0.410 e. The number of carbonyl (C=O) groups excluding carboxylic acids is 2. The Morgan fingerprint density at radius 3 is 2.83 bits per heavy atom. The van der Waals surface area contributed by atoms with Gasteiger partial charge in [-0.15, -0.1) is 21.5 Å². The molecule has 1 N–H and O–H groups in total. The van der Waals surface area contributed by atoms with Crippen molar-refractivity contribution in [2.75, 3.05) is 16.8 Å². The molecule has 12 heteroatoms. The Labute approximate surface area is 176 Å². The van der Waals surface area contributed by atoms with Gasteiger partial charge in [0.25, 0.3) is 11.1 Å². The summed E-state index contributed by atoms with van der Waals surface area (Å²) in [5, 5.41) is 11.6.